The normalized spacial score (nSPS) is 24.9. The molecular weight excluding hydrogens is 1670 g/mol. The molecule has 4 rings (SSSR count). The number of ether oxygens (including phenoxy) is 9. The summed E-state index contributed by atoms with van der Waals surface area (Å²) in [6.07, 6.45) is -6.07. The van der Waals surface area contributed by atoms with Gasteiger partial charge in [-0.1, -0.05) is 38.5 Å². The molecule has 4 saturated heterocycles. The van der Waals surface area contributed by atoms with Crippen LogP contribution in [0.5, 0.6) is 0 Å². The molecule has 0 aromatic heterocycles. The first kappa shape index (κ1) is 113. The van der Waals surface area contributed by atoms with E-state index in [0.717, 1.165) is 32.1 Å². The number of nitrogens with one attached hydrogen (secondary N) is 10. The van der Waals surface area contributed by atoms with Gasteiger partial charge in [-0.25, -0.2) is 0 Å². The number of phosphoric ester groups is 1. The summed E-state index contributed by atoms with van der Waals surface area (Å²) in [5, 5.41) is 119. The van der Waals surface area contributed by atoms with Crippen molar-refractivity contribution in [3.05, 3.63) is 0 Å². The van der Waals surface area contributed by atoms with Gasteiger partial charge in [0.1, 0.15) is 72.5 Å². The van der Waals surface area contributed by atoms with Crippen LogP contribution < -0.4 is 87.6 Å². The molecule has 4 aliphatic rings. The van der Waals surface area contributed by atoms with Crippen LogP contribution in [0, 0.1) is 0 Å². The van der Waals surface area contributed by atoms with Gasteiger partial charge in [0.15, 0.2) is 18.9 Å². The van der Waals surface area contributed by atoms with Crippen molar-refractivity contribution in [2.24, 2.45) is 0 Å². The van der Waals surface area contributed by atoms with E-state index in [1.807, 2.05) is 0 Å². The first-order valence-corrected chi connectivity index (χ1v) is 44.4. The molecule has 0 saturated carbocycles. The van der Waals surface area contributed by atoms with Crippen LogP contribution in [0.1, 0.15) is 195 Å². The first-order chi connectivity index (χ1) is 58.7. The zero-order chi connectivity index (χ0) is 90.7. The van der Waals surface area contributed by atoms with Gasteiger partial charge in [0, 0.05) is 138 Å². The van der Waals surface area contributed by atoms with Crippen LogP contribution in [0.25, 0.3) is 0 Å². The maximum absolute atomic E-state index is 14.1. The Bertz CT molecular complexity index is 3080. The molecule has 0 aromatic carbocycles. The molecule has 4 fully saturated rings. The fourth-order valence-electron chi connectivity index (χ4n) is 13.9. The predicted molar refractivity (Wildman–Crippen MR) is 431 cm³/mol. The smallest absolute Gasteiger partial charge is 0.756 e. The second-order valence-corrected chi connectivity index (χ2v) is 32.5. The number of hydrogen-bond donors (Lipinski definition) is 20. The molecule has 1 unspecified atom stereocenters. The molecule has 710 valence electrons. The molecule has 11 amide bonds. The average molecular weight is 1810 g/mol. The second-order valence-electron chi connectivity index (χ2n) is 31.3. The standard InChI is InChI=1S/C78H140N11O33P.Na/c1-50-69(104)72(107)66(85-51(2)92)75(120-50)116-36-16-13-22-58(96)79-30-19-33-82-61(99)27-39-113-47-78(88-64(102)25-11-9-7-5-6-8-10-12-26-65(103)89-43-55(95)42-54(89)46-119-123(110,111)112,48-114-40-28-62(100)83-34-20-31-80-59(97)23-14-17-37-117-76-67(86-52(3)93)73(108)70(105)56(44-90)121-76)49-115-41-29-63(101)84-35-21-32-81-60(98)24-15-18-38-118-77-68(87-53(4)94)74(109)71(106)57(45-91)122-77;/h50,54-57,66-77,90-91,95,104-109H,5-49H2,1-4H3,(H,79,96)(H,80,97)(H,81,98)(H,82,99)(H,83,100)(H,84,101)(H,85,92)(H,86,93)(H,87,94)(H,88,102)(H2,110,111,112);/q;+1/p-1/t50-,54+,55-,56-,57-,66-,67-,68-,69+,70+,71+,72-,73-,74-,75-,76-,77-;/m1./s1. The summed E-state index contributed by atoms with van der Waals surface area (Å²) in [4.78, 5) is 161. The van der Waals surface area contributed by atoms with Crippen molar-refractivity contribution < 1.29 is 190 Å². The van der Waals surface area contributed by atoms with Crippen molar-refractivity contribution in [3.63, 3.8) is 0 Å². The number of β-amino-alcohol motifs (C(OH)–C–C–N with tert-alkyl or cyclic N) is 1. The largest absolute Gasteiger partial charge is 1.00 e. The van der Waals surface area contributed by atoms with Crippen molar-refractivity contribution >= 4 is 72.8 Å². The Morgan fingerprint density at radius 3 is 1.08 bits per heavy atom. The maximum atomic E-state index is 14.1. The van der Waals surface area contributed by atoms with Crippen molar-refractivity contribution in [1.82, 2.24) is 58.1 Å². The van der Waals surface area contributed by atoms with Gasteiger partial charge >= 0.3 is 29.6 Å². The van der Waals surface area contributed by atoms with Gasteiger partial charge in [-0.2, -0.15) is 0 Å². The van der Waals surface area contributed by atoms with E-state index in [1.54, 1.807) is 6.92 Å². The first-order valence-electron chi connectivity index (χ1n) is 42.9. The fourth-order valence-corrected chi connectivity index (χ4v) is 14.3. The third kappa shape index (κ3) is 46.7. The van der Waals surface area contributed by atoms with Crippen molar-refractivity contribution in [3.8, 4) is 0 Å². The monoisotopic (exact) mass is 1810 g/mol. The number of hydrogen-bond acceptors (Lipinski definition) is 32. The summed E-state index contributed by atoms with van der Waals surface area (Å²) in [5.74, 6) is -4.05. The molecule has 4 aliphatic heterocycles. The van der Waals surface area contributed by atoms with Crippen LogP contribution in [-0.4, -0.2) is 355 Å². The minimum absolute atomic E-state index is 0. The minimum atomic E-state index is -5.02. The van der Waals surface area contributed by atoms with Crippen LogP contribution in [-0.2, 0) is 104 Å². The SMILES string of the molecule is CC(=O)N[C@H]1[C@H](OCCCCC(=O)NCCCNC(=O)CCOCC(COCCC(=O)NCCCNC(=O)CCCCO[C@@H]2O[C@H](CO)[C@H](O)[C@H](O)[C@H]2NC(C)=O)(COCCC(=O)NCCCNC(=O)CCCCO[C@@H]2O[C@H](CO)[C@H](O)[C@H](O)[C@H]2NC(C)=O)NC(=O)CCCCCCCCCCC(=O)N2C[C@H](O)C[C@H]2COP(=O)([O-])O)O[C@H](C)[C@H](O)[C@@H]1O.[Na+]. The van der Waals surface area contributed by atoms with E-state index < -0.39 is 173 Å². The summed E-state index contributed by atoms with van der Waals surface area (Å²) < 4.78 is 68.0. The van der Waals surface area contributed by atoms with E-state index >= 15 is 0 Å². The Hall–Kier alpha value is -5.44. The molecule has 18 atom stereocenters. The van der Waals surface area contributed by atoms with Crippen LogP contribution in [0.4, 0.5) is 0 Å². The van der Waals surface area contributed by atoms with Crippen molar-refractivity contribution in [2.75, 3.05) is 125 Å². The number of aliphatic hydroxyl groups excluding tert-OH is 9. The Labute approximate surface area is 746 Å². The number of carbonyl (C=O) groups excluding carboxylic acids is 11. The number of amides is 11. The molecule has 44 nitrogen and oxygen atoms in total. The van der Waals surface area contributed by atoms with E-state index in [4.69, 9.17) is 47.5 Å². The summed E-state index contributed by atoms with van der Waals surface area (Å²) in [5.41, 5.74) is -1.46. The quantitative estimate of drug-likeness (QED) is 0.0153. The van der Waals surface area contributed by atoms with Crippen molar-refractivity contribution in [2.45, 2.75) is 304 Å². The maximum Gasteiger partial charge on any atom is 1.00 e. The summed E-state index contributed by atoms with van der Waals surface area (Å²) in [6, 6.07) is -3.91. The third-order valence-corrected chi connectivity index (χ3v) is 21.1. The van der Waals surface area contributed by atoms with Crippen LogP contribution in [0.15, 0.2) is 0 Å². The molecule has 124 heavy (non-hydrogen) atoms. The molecular formula is C78H139N11NaO33P. The van der Waals surface area contributed by atoms with E-state index in [-0.39, 0.29) is 222 Å². The Balaban J connectivity index is 0.0000397. The molecule has 46 heteroatoms. The summed E-state index contributed by atoms with van der Waals surface area (Å²) >= 11 is 0. The van der Waals surface area contributed by atoms with Gasteiger partial charge in [0.2, 0.25) is 65.0 Å². The number of aliphatic hydroxyl groups is 9. The molecule has 0 radical (unpaired) electrons. The minimum Gasteiger partial charge on any atom is -0.756 e. The molecule has 0 aromatic rings. The fraction of sp³-hybridized carbons (Fsp3) is 0.859. The molecule has 4 heterocycles. The number of carbonyl (C=O) groups is 11. The van der Waals surface area contributed by atoms with E-state index in [0.29, 0.717) is 77.0 Å². The van der Waals surface area contributed by atoms with E-state index in [1.165, 1.54) is 25.7 Å². The third-order valence-electron chi connectivity index (χ3n) is 20.6. The Morgan fingerprint density at radius 2 is 0.734 bits per heavy atom. The van der Waals surface area contributed by atoms with E-state index in [9.17, 15) is 108 Å². The molecule has 20 N–H and O–H groups in total. The van der Waals surface area contributed by atoms with Crippen molar-refractivity contribution in [1.29, 1.82) is 0 Å². The second kappa shape index (κ2) is 63.5. The molecule has 0 aliphatic carbocycles. The van der Waals surface area contributed by atoms with Crippen LogP contribution in [0.2, 0.25) is 0 Å². The number of phosphoric acid groups is 1. The topological polar surface area (TPSA) is 646 Å². The Morgan fingerprint density at radius 1 is 0.419 bits per heavy atom. The van der Waals surface area contributed by atoms with Gasteiger partial charge in [-0.15, -0.1) is 0 Å². The zero-order valence-corrected chi connectivity index (χ0v) is 75.3. The van der Waals surface area contributed by atoms with Gasteiger partial charge in [-0.3, -0.25) is 57.3 Å². The molecule has 0 bridgehead atoms. The summed E-state index contributed by atoms with van der Waals surface area (Å²) in [7, 11) is -5.02. The summed E-state index contributed by atoms with van der Waals surface area (Å²) in [6.45, 7) is 3.91. The van der Waals surface area contributed by atoms with E-state index in [2.05, 4.69) is 57.7 Å². The average Bonchev–Trinajstić information content (AvgIpc) is 0.999. The van der Waals surface area contributed by atoms with Gasteiger partial charge < -0.3 is 161 Å². The van der Waals surface area contributed by atoms with Gasteiger partial charge in [0.25, 0.3) is 7.82 Å². The number of rotatable bonds is 65. The van der Waals surface area contributed by atoms with Gasteiger partial charge in [0.05, 0.1) is 77.7 Å². The van der Waals surface area contributed by atoms with Gasteiger partial charge in [-0.05, 0) is 84.0 Å². The van der Waals surface area contributed by atoms with Crippen LogP contribution >= 0.6 is 7.82 Å². The number of likely N-dealkylation sites (tertiary alicyclic amines) is 1. The number of nitrogens with zero attached hydrogens (tertiary/aromatic N) is 1. The Kier molecular flexibility index (Phi) is 57.8. The van der Waals surface area contributed by atoms with Crippen LogP contribution in [0.3, 0.4) is 0 Å². The number of unbranched alkanes of at least 4 members (excludes halogenated alkanes) is 10. The predicted octanol–water partition coefficient (Wildman–Crippen LogP) is -8.31. The molecule has 0 spiro atoms. The zero-order valence-electron chi connectivity index (χ0n) is 72.4.